The predicted molar refractivity (Wildman–Crippen MR) is 64.3 cm³/mol. The number of pyridine rings is 1. The van der Waals surface area contributed by atoms with Crippen LogP contribution in [0.4, 0.5) is 13.2 Å². The molecule has 0 atom stereocenters. The third-order valence-corrected chi connectivity index (χ3v) is 3.31. The summed E-state index contributed by atoms with van der Waals surface area (Å²) in [4.78, 5) is 3.83. The van der Waals surface area contributed by atoms with E-state index in [1.54, 1.807) is 0 Å². The lowest BCUT2D eigenvalue weighted by Crippen LogP contribution is -2.09. The Bertz CT molecular complexity index is 615. The zero-order valence-electron chi connectivity index (χ0n) is 10.4. The van der Waals surface area contributed by atoms with Gasteiger partial charge in [0.15, 0.2) is 5.82 Å². The first-order chi connectivity index (χ1) is 9.50. The number of aliphatic hydroxyl groups is 1. The fourth-order valence-corrected chi connectivity index (χ4v) is 2.17. The minimum atomic E-state index is -4.40. The molecule has 0 radical (unpaired) electrons. The highest BCUT2D eigenvalue weighted by Gasteiger charge is 2.32. The number of aliphatic hydroxyl groups excluding tert-OH is 1. The number of nitrogens with zero attached hydrogens (tertiary/aromatic N) is 3. The maximum absolute atomic E-state index is 12.5. The van der Waals surface area contributed by atoms with Gasteiger partial charge in [-0.15, -0.1) is 0 Å². The van der Waals surface area contributed by atoms with Crippen LogP contribution >= 0.6 is 0 Å². The van der Waals surface area contributed by atoms with Crippen molar-refractivity contribution in [3.8, 4) is 5.82 Å². The van der Waals surface area contributed by atoms with Crippen molar-refractivity contribution in [2.75, 3.05) is 0 Å². The Labute approximate surface area is 112 Å². The van der Waals surface area contributed by atoms with Gasteiger partial charge in [0.05, 0.1) is 24.1 Å². The Hall–Kier alpha value is -1.89. The van der Waals surface area contributed by atoms with Crippen LogP contribution in [0.5, 0.6) is 0 Å². The van der Waals surface area contributed by atoms with Gasteiger partial charge >= 0.3 is 6.18 Å². The second kappa shape index (κ2) is 4.59. The highest BCUT2D eigenvalue weighted by molar-refractivity contribution is 5.34. The summed E-state index contributed by atoms with van der Waals surface area (Å²) in [6.45, 7) is -0.132. The first kappa shape index (κ1) is 13.1. The zero-order chi connectivity index (χ0) is 14.3. The van der Waals surface area contributed by atoms with Gasteiger partial charge in [-0.3, -0.25) is 0 Å². The van der Waals surface area contributed by atoms with E-state index in [0.717, 1.165) is 30.8 Å². The molecule has 106 valence electrons. The highest BCUT2D eigenvalue weighted by atomic mass is 19.4. The molecule has 20 heavy (non-hydrogen) atoms. The van der Waals surface area contributed by atoms with Crippen LogP contribution in [-0.2, 0) is 12.8 Å². The Balaban J connectivity index is 1.99. The molecule has 4 nitrogen and oxygen atoms in total. The lowest BCUT2D eigenvalue weighted by molar-refractivity contribution is -0.137. The summed E-state index contributed by atoms with van der Waals surface area (Å²) in [5.74, 6) is 0.642. The van der Waals surface area contributed by atoms with Crippen molar-refractivity contribution in [1.29, 1.82) is 0 Å². The molecule has 0 unspecified atom stereocenters. The Morgan fingerprint density at radius 1 is 1.25 bits per heavy atom. The molecule has 1 saturated carbocycles. The molecule has 1 aliphatic carbocycles. The van der Waals surface area contributed by atoms with Gasteiger partial charge in [-0.25, -0.2) is 9.67 Å². The van der Waals surface area contributed by atoms with Crippen LogP contribution in [0.15, 0.2) is 24.5 Å². The van der Waals surface area contributed by atoms with Crippen molar-refractivity contribution in [3.63, 3.8) is 0 Å². The van der Waals surface area contributed by atoms with Crippen molar-refractivity contribution in [2.24, 2.45) is 0 Å². The van der Waals surface area contributed by atoms with Crippen molar-refractivity contribution < 1.29 is 18.3 Å². The average molecular weight is 283 g/mol. The number of rotatable bonds is 3. The number of aromatic nitrogens is 3. The SMILES string of the molecule is OCc1cnn(-c2ccc(C(F)(F)F)cn2)c1C1CC1. The van der Waals surface area contributed by atoms with Gasteiger partial charge < -0.3 is 5.11 Å². The second-order valence-electron chi connectivity index (χ2n) is 4.80. The van der Waals surface area contributed by atoms with E-state index in [1.165, 1.54) is 16.9 Å². The van der Waals surface area contributed by atoms with Crippen molar-refractivity contribution in [2.45, 2.75) is 31.5 Å². The number of alkyl halides is 3. The molecule has 0 spiro atoms. The van der Waals surface area contributed by atoms with E-state index in [-0.39, 0.29) is 6.61 Å². The molecule has 0 saturated heterocycles. The van der Waals surface area contributed by atoms with Gasteiger partial charge in [0.2, 0.25) is 0 Å². The van der Waals surface area contributed by atoms with E-state index in [4.69, 9.17) is 0 Å². The molecule has 2 aromatic rings. The zero-order valence-corrected chi connectivity index (χ0v) is 10.4. The third kappa shape index (κ3) is 2.29. The summed E-state index contributed by atoms with van der Waals surface area (Å²) in [5.41, 5.74) is 0.762. The van der Waals surface area contributed by atoms with Crippen molar-refractivity contribution in [1.82, 2.24) is 14.8 Å². The molecule has 3 rings (SSSR count). The van der Waals surface area contributed by atoms with Gasteiger partial charge in [0, 0.05) is 17.7 Å². The third-order valence-electron chi connectivity index (χ3n) is 3.31. The van der Waals surface area contributed by atoms with Gasteiger partial charge in [-0.2, -0.15) is 18.3 Å². The van der Waals surface area contributed by atoms with Gasteiger partial charge in [0.1, 0.15) is 0 Å². The summed E-state index contributed by atoms with van der Waals surface area (Å²) in [5, 5.41) is 13.4. The molecule has 0 bridgehead atoms. The van der Waals surface area contributed by atoms with Crippen LogP contribution in [0.1, 0.15) is 35.6 Å². The maximum Gasteiger partial charge on any atom is 0.417 e. The number of hydrogen-bond donors (Lipinski definition) is 1. The lowest BCUT2D eigenvalue weighted by atomic mass is 10.2. The first-order valence-corrected chi connectivity index (χ1v) is 6.22. The highest BCUT2D eigenvalue weighted by Crippen LogP contribution is 2.42. The largest absolute Gasteiger partial charge is 0.417 e. The van der Waals surface area contributed by atoms with E-state index in [0.29, 0.717) is 17.3 Å². The molecule has 1 aliphatic rings. The lowest BCUT2D eigenvalue weighted by Gasteiger charge is -2.09. The summed E-state index contributed by atoms with van der Waals surface area (Å²) in [6.07, 6.45) is -0.0663. The predicted octanol–water partition coefficient (Wildman–Crippen LogP) is 2.66. The monoisotopic (exact) mass is 283 g/mol. The van der Waals surface area contributed by atoms with Crippen LogP contribution in [0.3, 0.4) is 0 Å². The van der Waals surface area contributed by atoms with E-state index in [2.05, 4.69) is 10.1 Å². The maximum atomic E-state index is 12.5. The Morgan fingerprint density at radius 2 is 2.00 bits per heavy atom. The number of halogens is 3. The minimum Gasteiger partial charge on any atom is -0.392 e. The van der Waals surface area contributed by atoms with E-state index in [9.17, 15) is 18.3 Å². The fourth-order valence-electron chi connectivity index (χ4n) is 2.17. The van der Waals surface area contributed by atoms with Crippen LogP contribution in [0, 0.1) is 0 Å². The Morgan fingerprint density at radius 3 is 2.50 bits per heavy atom. The second-order valence-corrected chi connectivity index (χ2v) is 4.80. The molecular weight excluding hydrogens is 271 g/mol. The Kier molecular flexibility index (Phi) is 3.01. The molecule has 0 aliphatic heterocycles. The molecule has 0 amide bonds. The van der Waals surface area contributed by atoms with Crippen LogP contribution in [0.25, 0.3) is 5.82 Å². The summed E-state index contributed by atoms with van der Waals surface area (Å²) < 4.78 is 39.0. The molecule has 2 heterocycles. The first-order valence-electron chi connectivity index (χ1n) is 6.22. The average Bonchev–Trinajstić information content (AvgIpc) is 3.17. The van der Waals surface area contributed by atoms with Gasteiger partial charge in [-0.05, 0) is 25.0 Å². The topological polar surface area (TPSA) is 50.9 Å². The quantitative estimate of drug-likeness (QED) is 0.942. The van der Waals surface area contributed by atoms with Crippen LogP contribution in [0.2, 0.25) is 0 Å². The molecular formula is C13H12F3N3O. The van der Waals surface area contributed by atoms with Gasteiger partial charge in [0.25, 0.3) is 0 Å². The summed E-state index contributed by atoms with van der Waals surface area (Å²) in [6, 6.07) is 2.28. The molecule has 7 heteroatoms. The van der Waals surface area contributed by atoms with Crippen molar-refractivity contribution >= 4 is 0 Å². The van der Waals surface area contributed by atoms with Crippen LogP contribution in [-0.4, -0.2) is 19.9 Å². The molecule has 1 fully saturated rings. The van der Waals surface area contributed by atoms with Crippen molar-refractivity contribution in [3.05, 3.63) is 41.3 Å². The molecule has 2 aromatic heterocycles. The number of hydrogen-bond acceptors (Lipinski definition) is 3. The van der Waals surface area contributed by atoms with E-state index < -0.39 is 11.7 Å². The summed E-state index contributed by atoms with van der Waals surface area (Å²) in [7, 11) is 0. The molecule has 0 aromatic carbocycles. The van der Waals surface area contributed by atoms with E-state index >= 15 is 0 Å². The smallest absolute Gasteiger partial charge is 0.392 e. The van der Waals surface area contributed by atoms with E-state index in [1.807, 2.05) is 0 Å². The molecule has 1 N–H and O–H groups in total. The standard InChI is InChI=1S/C13H12F3N3O/c14-13(15,16)10-3-4-11(17-6-10)19-12(8-1-2-8)9(7-20)5-18-19/h3-6,8,20H,1-2,7H2. The van der Waals surface area contributed by atoms with Crippen LogP contribution < -0.4 is 0 Å². The minimum absolute atomic E-state index is 0.132. The normalized spacial score (nSPS) is 15.6. The fraction of sp³-hybridized carbons (Fsp3) is 0.385. The summed E-state index contributed by atoms with van der Waals surface area (Å²) >= 11 is 0. The van der Waals surface area contributed by atoms with Gasteiger partial charge in [-0.1, -0.05) is 0 Å².